The van der Waals surface area contributed by atoms with Gasteiger partial charge in [-0.1, -0.05) is 315 Å². The van der Waals surface area contributed by atoms with E-state index >= 15 is 0 Å². The van der Waals surface area contributed by atoms with Crippen molar-refractivity contribution in [3.8, 4) is 44.5 Å². The molecule has 0 unspecified atom stereocenters. The molecule has 1 heterocycles. The first-order valence-electron chi connectivity index (χ1n) is 37.4. The van der Waals surface area contributed by atoms with Gasteiger partial charge in [0.05, 0.1) is 0 Å². The van der Waals surface area contributed by atoms with Gasteiger partial charge in [-0.25, -0.2) is 0 Å². The van der Waals surface area contributed by atoms with Gasteiger partial charge < -0.3 is 0 Å². The highest BCUT2D eigenvalue weighted by Crippen LogP contribution is 2.45. The third-order valence-corrected chi connectivity index (χ3v) is 23.7. The van der Waals surface area contributed by atoms with Crippen LogP contribution in [0.25, 0.3) is 174 Å². The van der Waals surface area contributed by atoms with Gasteiger partial charge in [-0.2, -0.15) is 0 Å². The second-order valence-electron chi connectivity index (χ2n) is 29.8. The number of hydrogen-bond acceptors (Lipinski definition) is 4. The summed E-state index contributed by atoms with van der Waals surface area (Å²) in [6, 6.07) is 121. The Hall–Kier alpha value is -11.6. The third-order valence-electron chi connectivity index (χ3n) is 23.7. The molecule has 496 valence electrons. The summed E-state index contributed by atoms with van der Waals surface area (Å²) in [5.74, 6) is 0. The van der Waals surface area contributed by atoms with Crippen LogP contribution >= 0.6 is 0 Å². The maximum absolute atomic E-state index is 2.75. The quantitative estimate of drug-likeness (QED) is 0.113. The molecule has 0 aliphatic carbocycles. The fraction of sp³-hybridized carbons (Fsp3) is 0.120. The minimum atomic E-state index is 0.874. The average molecular weight is 1330 g/mol. The molecule has 0 aromatic heterocycles. The molecule has 4 heteroatoms. The molecule has 0 N–H and O–H groups in total. The molecule has 0 saturated carbocycles. The lowest BCUT2D eigenvalue weighted by Crippen LogP contribution is -2.45. The molecule has 0 radical (unpaired) electrons. The van der Waals surface area contributed by atoms with Crippen molar-refractivity contribution in [2.24, 2.45) is 0 Å². The first kappa shape index (κ1) is 61.1. The summed E-state index contributed by atoms with van der Waals surface area (Å²) < 4.78 is 0. The van der Waals surface area contributed by atoms with E-state index in [1.165, 1.54) is 196 Å². The predicted molar refractivity (Wildman–Crippen MR) is 443 cm³/mol. The Balaban J connectivity index is 0.604. The molecule has 0 bridgehead atoms. The minimum absolute atomic E-state index is 0.874. The van der Waals surface area contributed by atoms with Crippen molar-refractivity contribution in [3.05, 3.63) is 338 Å². The van der Waals surface area contributed by atoms with Crippen LogP contribution in [-0.4, -0.2) is 72.0 Å². The topological polar surface area (TPSA) is 13.0 Å². The number of rotatable bonds is 12. The average Bonchev–Trinajstić information content (AvgIpc) is 0.756. The van der Waals surface area contributed by atoms with Gasteiger partial charge in [0, 0.05) is 78.5 Å². The van der Waals surface area contributed by atoms with Crippen molar-refractivity contribution < 1.29 is 0 Å². The summed E-state index contributed by atoms with van der Waals surface area (Å²) in [6.07, 6.45) is 0. The van der Waals surface area contributed by atoms with Crippen LogP contribution < -0.4 is 0 Å². The maximum atomic E-state index is 2.75. The van der Waals surface area contributed by atoms with Gasteiger partial charge in [0.15, 0.2) is 0 Å². The lowest BCUT2D eigenvalue weighted by Gasteiger charge is -2.34. The van der Waals surface area contributed by atoms with E-state index in [0.717, 1.165) is 78.5 Å². The SMILES string of the molecule is c1cc2ccc3ccc(-c4ccc(CN5CCN(Cc6ccc(-c7ccc8ccc9cccc%10ccc7c8c9%10)cc6)CCN(Cc6ccc(-c7ccc8ccc9cccc%10ccc7c8c9%10)cc6)CCN(Cc6ccc(-c7ccc8ccc9cccc%10ccc7c8c9%10)cc6)CC5)cc4)c4ccc(c1)c2c34. The van der Waals surface area contributed by atoms with Gasteiger partial charge in [-0.3, -0.25) is 19.6 Å². The predicted octanol–water partition coefficient (Wildman–Crippen LogP) is 24.3. The van der Waals surface area contributed by atoms with Crippen molar-refractivity contribution in [2.75, 3.05) is 52.4 Å². The Morgan fingerprint density at radius 3 is 0.510 bits per heavy atom. The van der Waals surface area contributed by atoms with E-state index in [2.05, 4.69) is 335 Å². The van der Waals surface area contributed by atoms with E-state index in [0.29, 0.717) is 0 Å². The minimum Gasteiger partial charge on any atom is -0.297 e. The summed E-state index contributed by atoms with van der Waals surface area (Å²) in [4.78, 5) is 11.0. The largest absolute Gasteiger partial charge is 0.297 e. The third kappa shape index (κ3) is 10.7. The molecule has 0 spiro atoms. The van der Waals surface area contributed by atoms with Crippen LogP contribution in [0.5, 0.6) is 0 Å². The van der Waals surface area contributed by atoms with Gasteiger partial charge in [0.1, 0.15) is 0 Å². The normalized spacial score (nSPS) is 14.6. The highest BCUT2D eigenvalue weighted by molar-refractivity contribution is 6.29. The van der Waals surface area contributed by atoms with Crippen LogP contribution in [0.4, 0.5) is 0 Å². The van der Waals surface area contributed by atoms with Crippen molar-refractivity contribution in [2.45, 2.75) is 26.2 Å². The van der Waals surface area contributed by atoms with Crippen molar-refractivity contribution >= 4 is 129 Å². The van der Waals surface area contributed by atoms with Crippen LogP contribution in [-0.2, 0) is 26.2 Å². The number of nitrogens with zero attached hydrogens (tertiary/aromatic N) is 4. The number of benzene rings is 20. The smallest absolute Gasteiger partial charge is 0.0234 e. The van der Waals surface area contributed by atoms with Crippen LogP contribution in [0.2, 0.25) is 0 Å². The van der Waals surface area contributed by atoms with E-state index < -0.39 is 0 Å². The molecular formula is C100H76N4. The Morgan fingerprint density at radius 2 is 0.317 bits per heavy atom. The first-order valence-corrected chi connectivity index (χ1v) is 37.4. The van der Waals surface area contributed by atoms with E-state index in [1.54, 1.807) is 0 Å². The second kappa shape index (κ2) is 25.1. The Bertz CT molecular complexity index is 5730. The monoisotopic (exact) mass is 1330 g/mol. The van der Waals surface area contributed by atoms with Gasteiger partial charge >= 0.3 is 0 Å². The van der Waals surface area contributed by atoms with Crippen LogP contribution in [0.1, 0.15) is 22.3 Å². The highest BCUT2D eigenvalue weighted by atomic mass is 15.3. The molecule has 1 aliphatic rings. The first-order chi connectivity index (χ1) is 51.5. The fourth-order valence-corrected chi connectivity index (χ4v) is 18.4. The summed E-state index contributed by atoms with van der Waals surface area (Å²) in [6.45, 7) is 11.1. The zero-order valence-corrected chi connectivity index (χ0v) is 58.3. The van der Waals surface area contributed by atoms with Crippen LogP contribution in [0.15, 0.2) is 315 Å². The van der Waals surface area contributed by atoms with E-state index in [9.17, 15) is 0 Å². The number of hydrogen-bond donors (Lipinski definition) is 0. The van der Waals surface area contributed by atoms with Gasteiger partial charge in [0.2, 0.25) is 0 Å². The molecule has 20 aromatic rings. The zero-order chi connectivity index (χ0) is 68.3. The van der Waals surface area contributed by atoms with Crippen molar-refractivity contribution in [1.82, 2.24) is 19.6 Å². The molecule has 104 heavy (non-hydrogen) atoms. The Kier molecular flexibility index (Phi) is 14.8. The molecule has 1 fully saturated rings. The van der Waals surface area contributed by atoms with Crippen LogP contribution in [0, 0.1) is 0 Å². The summed E-state index contributed by atoms with van der Waals surface area (Å²) in [5.41, 5.74) is 15.6. The van der Waals surface area contributed by atoms with Crippen molar-refractivity contribution in [3.63, 3.8) is 0 Å². The lowest BCUT2D eigenvalue weighted by atomic mass is 9.90. The fourth-order valence-electron chi connectivity index (χ4n) is 18.4. The molecule has 1 aliphatic heterocycles. The Morgan fingerprint density at radius 1 is 0.154 bits per heavy atom. The Labute approximate surface area is 605 Å². The summed E-state index contributed by atoms with van der Waals surface area (Å²) in [7, 11) is 0. The van der Waals surface area contributed by atoms with E-state index in [4.69, 9.17) is 0 Å². The van der Waals surface area contributed by atoms with E-state index in [-0.39, 0.29) is 0 Å². The molecule has 0 atom stereocenters. The summed E-state index contributed by atoms with van der Waals surface area (Å²) in [5, 5.41) is 31.8. The van der Waals surface area contributed by atoms with Crippen molar-refractivity contribution in [1.29, 1.82) is 0 Å². The molecule has 20 aromatic carbocycles. The zero-order valence-electron chi connectivity index (χ0n) is 58.3. The van der Waals surface area contributed by atoms with Crippen LogP contribution in [0.3, 0.4) is 0 Å². The van der Waals surface area contributed by atoms with Gasteiger partial charge in [-0.05, 0) is 196 Å². The second-order valence-corrected chi connectivity index (χ2v) is 29.8. The molecule has 0 amide bonds. The molecule has 4 nitrogen and oxygen atoms in total. The molecule has 1 saturated heterocycles. The molecular weight excluding hydrogens is 1260 g/mol. The van der Waals surface area contributed by atoms with E-state index in [1.807, 2.05) is 0 Å². The van der Waals surface area contributed by atoms with Gasteiger partial charge in [0.25, 0.3) is 0 Å². The standard InChI is InChI=1S/C100H76N4/c1-5-73-29-33-81-37-45-85(89-49-41-77(9-1)93(73)97(81)89)69-21-13-65(14-22-69)61-101-53-55-102(62-66-15-23-70(24-16-66)86-46-38-82-34-30-74-6-2-10-78-42-50-90(86)98(82)94(74)78)57-59-104(64-68-19-27-72(28-20-68)88-48-40-84-36-32-76-8-4-12-80-44-52-92(88)100(84)96(76)80)60-58-103(56-54-101)63-67-17-25-71(26-18-67)87-47-39-83-35-31-75-7-3-11-79-43-51-91(87)99(83)95(75)79/h1-52H,53-64H2. The molecule has 21 rings (SSSR count). The lowest BCUT2D eigenvalue weighted by molar-refractivity contribution is 0.122. The highest BCUT2D eigenvalue weighted by Gasteiger charge is 2.22. The van der Waals surface area contributed by atoms with Gasteiger partial charge in [-0.15, -0.1) is 0 Å². The summed E-state index contributed by atoms with van der Waals surface area (Å²) >= 11 is 0. The maximum Gasteiger partial charge on any atom is 0.0234 e.